The molecular formula is C53H37NO. The van der Waals surface area contributed by atoms with Crippen LogP contribution in [-0.2, 0) is 5.41 Å². The van der Waals surface area contributed by atoms with Gasteiger partial charge in [0.25, 0.3) is 0 Å². The van der Waals surface area contributed by atoms with Crippen LogP contribution in [0, 0.1) is 0 Å². The van der Waals surface area contributed by atoms with Crippen molar-refractivity contribution < 1.29 is 4.42 Å². The topological polar surface area (TPSA) is 16.4 Å². The summed E-state index contributed by atoms with van der Waals surface area (Å²) in [6, 6.07) is 68.4. The van der Waals surface area contributed by atoms with Crippen LogP contribution in [-0.4, -0.2) is 0 Å². The molecule has 0 amide bonds. The Kier molecular flexibility index (Phi) is 6.93. The van der Waals surface area contributed by atoms with Gasteiger partial charge in [0.15, 0.2) is 0 Å². The van der Waals surface area contributed by atoms with Gasteiger partial charge in [0.05, 0.1) is 5.69 Å². The predicted octanol–water partition coefficient (Wildman–Crippen LogP) is 15.0. The normalized spacial score (nSPS) is 13.1. The van der Waals surface area contributed by atoms with Crippen LogP contribution in [0.4, 0.5) is 17.1 Å². The monoisotopic (exact) mass is 703 g/mol. The lowest BCUT2D eigenvalue weighted by atomic mass is 9.82. The molecule has 0 spiro atoms. The Morgan fingerprint density at radius 1 is 0.436 bits per heavy atom. The molecule has 0 atom stereocenters. The van der Waals surface area contributed by atoms with Crippen LogP contribution in [0.3, 0.4) is 0 Å². The van der Waals surface area contributed by atoms with E-state index in [9.17, 15) is 0 Å². The molecule has 11 rings (SSSR count). The number of anilines is 3. The SMILES string of the molecule is CC1(C)c2ccccc2-c2c(N(c3ccc(-c4ccc5ccccc5c4)cc3)c3ccc(-c4cc5ccccc5c5c4oc4ccccc45)cc3)cccc21. The second kappa shape index (κ2) is 12.1. The number of fused-ring (bicyclic) bond motifs is 9. The van der Waals surface area contributed by atoms with Gasteiger partial charge in [-0.2, -0.15) is 0 Å². The lowest BCUT2D eigenvalue weighted by Crippen LogP contribution is -2.16. The minimum atomic E-state index is -0.106. The Morgan fingerprint density at radius 2 is 1.05 bits per heavy atom. The van der Waals surface area contributed by atoms with E-state index in [4.69, 9.17) is 4.42 Å². The Morgan fingerprint density at radius 3 is 1.85 bits per heavy atom. The summed E-state index contributed by atoms with van der Waals surface area (Å²) in [7, 11) is 0. The summed E-state index contributed by atoms with van der Waals surface area (Å²) in [5.41, 5.74) is 15.0. The zero-order chi connectivity index (χ0) is 36.7. The summed E-state index contributed by atoms with van der Waals surface area (Å²) >= 11 is 0. The van der Waals surface area contributed by atoms with Gasteiger partial charge in [0, 0.05) is 38.7 Å². The maximum atomic E-state index is 6.63. The Hall–Kier alpha value is -6.90. The standard InChI is InChI=1S/C53H37NO/c1-53(2)46-18-9-7-16-43(46)51-47(53)19-11-20-48(51)54(40-28-24-35(25-29-40)38-23-22-34-12-3-4-13-37(34)32-38)41-30-26-36(27-31-41)45-33-39-14-5-6-15-42(39)50-44-17-8-10-21-49(44)55-52(45)50/h3-33H,1-2H3. The van der Waals surface area contributed by atoms with Gasteiger partial charge in [0.2, 0.25) is 0 Å². The van der Waals surface area contributed by atoms with Crippen LogP contribution in [0.25, 0.3) is 76.9 Å². The molecule has 2 nitrogen and oxygen atoms in total. The van der Waals surface area contributed by atoms with Crippen molar-refractivity contribution in [3.8, 4) is 33.4 Å². The number of para-hydroxylation sites is 1. The highest BCUT2D eigenvalue weighted by atomic mass is 16.3. The van der Waals surface area contributed by atoms with Gasteiger partial charge in [-0.15, -0.1) is 0 Å². The molecule has 9 aromatic carbocycles. The van der Waals surface area contributed by atoms with Gasteiger partial charge in [-0.25, -0.2) is 0 Å². The van der Waals surface area contributed by atoms with E-state index in [1.165, 1.54) is 66.0 Å². The van der Waals surface area contributed by atoms with Crippen molar-refractivity contribution in [3.63, 3.8) is 0 Å². The second-order valence-electron chi connectivity index (χ2n) is 15.3. The highest BCUT2D eigenvalue weighted by Gasteiger charge is 2.37. The molecule has 10 aromatic rings. The van der Waals surface area contributed by atoms with Gasteiger partial charge in [-0.1, -0.05) is 153 Å². The molecule has 0 fully saturated rings. The van der Waals surface area contributed by atoms with Crippen LogP contribution >= 0.6 is 0 Å². The van der Waals surface area contributed by atoms with Crippen LogP contribution in [0.2, 0.25) is 0 Å². The van der Waals surface area contributed by atoms with Crippen molar-refractivity contribution in [2.45, 2.75) is 19.3 Å². The molecule has 55 heavy (non-hydrogen) atoms. The lowest BCUT2D eigenvalue weighted by molar-refractivity contribution is 0.660. The summed E-state index contributed by atoms with van der Waals surface area (Å²) in [4.78, 5) is 2.43. The minimum absolute atomic E-state index is 0.106. The van der Waals surface area contributed by atoms with E-state index in [0.717, 1.165) is 39.1 Å². The van der Waals surface area contributed by atoms with E-state index >= 15 is 0 Å². The first-order valence-corrected chi connectivity index (χ1v) is 19.1. The molecule has 1 aliphatic rings. The first-order valence-electron chi connectivity index (χ1n) is 19.1. The quantitative estimate of drug-likeness (QED) is 0.177. The van der Waals surface area contributed by atoms with E-state index < -0.39 is 0 Å². The fraction of sp³-hybridized carbons (Fsp3) is 0.0566. The molecule has 0 radical (unpaired) electrons. The average Bonchev–Trinajstić information content (AvgIpc) is 3.74. The van der Waals surface area contributed by atoms with E-state index in [1.54, 1.807) is 0 Å². The van der Waals surface area contributed by atoms with Crippen LogP contribution in [0.1, 0.15) is 25.0 Å². The van der Waals surface area contributed by atoms with Crippen molar-refractivity contribution in [3.05, 3.63) is 199 Å². The van der Waals surface area contributed by atoms with Crippen molar-refractivity contribution in [2.75, 3.05) is 4.90 Å². The molecule has 0 saturated carbocycles. The highest BCUT2D eigenvalue weighted by Crippen LogP contribution is 2.54. The number of furan rings is 1. The third-order valence-corrected chi connectivity index (χ3v) is 11.8. The number of rotatable bonds is 5. The van der Waals surface area contributed by atoms with Crippen molar-refractivity contribution >= 4 is 60.5 Å². The highest BCUT2D eigenvalue weighted by molar-refractivity contribution is 6.22. The number of nitrogens with zero attached hydrogens (tertiary/aromatic N) is 1. The first kappa shape index (κ1) is 31.6. The largest absolute Gasteiger partial charge is 0.455 e. The maximum Gasteiger partial charge on any atom is 0.143 e. The van der Waals surface area contributed by atoms with Gasteiger partial charge in [-0.3, -0.25) is 0 Å². The molecule has 0 saturated heterocycles. The predicted molar refractivity (Wildman–Crippen MR) is 232 cm³/mol. The van der Waals surface area contributed by atoms with Gasteiger partial charge >= 0.3 is 0 Å². The lowest BCUT2D eigenvalue weighted by Gasteiger charge is -2.29. The second-order valence-corrected chi connectivity index (χ2v) is 15.3. The smallest absolute Gasteiger partial charge is 0.143 e. The average molecular weight is 704 g/mol. The molecule has 0 bridgehead atoms. The van der Waals surface area contributed by atoms with Gasteiger partial charge in [0.1, 0.15) is 11.2 Å². The summed E-state index contributed by atoms with van der Waals surface area (Å²) in [5.74, 6) is 0. The molecule has 2 heteroatoms. The summed E-state index contributed by atoms with van der Waals surface area (Å²) in [6.45, 7) is 4.70. The molecule has 0 unspecified atom stereocenters. The minimum Gasteiger partial charge on any atom is -0.455 e. The maximum absolute atomic E-state index is 6.63. The molecule has 0 aliphatic heterocycles. The summed E-state index contributed by atoms with van der Waals surface area (Å²) < 4.78 is 6.63. The molecular weight excluding hydrogens is 667 g/mol. The summed E-state index contributed by atoms with van der Waals surface area (Å²) in [5, 5.41) is 7.23. The van der Waals surface area contributed by atoms with Crippen molar-refractivity contribution in [1.82, 2.24) is 0 Å². The van der Waals surface area contributed by atoms with Crippen molar-refractivity contribution in [2.24, 2.45) is 0 Å². The Labute approximate surface area is 320 Å². The van der Waals surface area contributed by atoms with Gasteiger partial charge in [-0.05, 0) is 103 Å². The third-order valence-electron chi connectivity index (χ3n) is 11.8. The van der Waals surface area contributed by atoms with Gasteiger partial charge < -0.3 is 9.32 Å². The van der Waals surface area contributed by atoms with Crippen molar-refractivity contribution in [1.29, 1.82) is 0 Å². The van der Waals surface area contributed by atoms with Crippen LogP contribution in [0.15, 0.2) is 192 Å². The zero-order valence-corrected chi connectivity index (χ0v) is 30.8. The van der Waals surface area contributed by atoms with E-state index in [1.807, 2.05) is 6.07 Å². The molecule has 260 valence electrons. The van der Waals surface area contributed by atoms with E-state index in [0.29, 0.717) is 0 Å². The zero-order valence-electron chi connectivity index (χ0n) is 30.8. The first-order chi connectivity index (χ1) is 27.0. The molecule has 1 heterocycles. The van der Waals surface area contributed by atoms with Crippen LogP contribution in [0.5, 0.6) is 0 Å². The number of hydrogen-bond donors (Lipinski definition) is 0. The van der Waals surface area contributed by atoms with E-state index in [2.05, 4.69) is 201 Å². The third kappa shape index (κ3) is 4.88. The molecule has 1 aliphatic carbocycles. The van der Waals surface area contributed by atoms with Crippen LogP contribution < -0.4 is 4.90 Å². The fourth-order valence-electron chi connectivity index (χ4n) is 9.10. The molecule has 1 aromatic heterocycles. The number of hydrogen-bond acceptors (Lipinski definition) is 2. The Bertz CT molecular complexity index is 3110. The number of benzene rings is 9. The summed E-state index contributed by atoms with van der Waals surface area (Å²) in [6.07, 6.45) is 0. The van der Waals surface area contributed by atoms with E-state index in [-0.39, 0.29) is 5.41 Å². The fourth-order valence-corrected chi connectivity index (χ4v) is 9.10. The Balaban J connectivity index is 1.08. The molecule has 0 N–H and O–H groups in total.